The van der Waals surface area contributed by atoms with Gasteiger partial charge in [-0.2, -0.15) is 0 Å². The van der Waals surface area contributed by atoms with Gasteiger partial charge in [0.05, 0.1) is 5.60 Å². The lowest BCUT2D eigenvalue weighted by molar-refractivity contribution is 0.0317. The van der Waals surface area contributed by atoms with E-state index in [4.69, 9.17) is 5.73 Å². The number of nitrogens with two attached hydrogens (primary N) is 1. The number of amides is 1. The van der Waals surface area contributed by atoms with E-state index in [0.29, 0.717) is 17.2 Å². The molecule has 1 fully saturated rings. The summed E-state index contributed by atoms with van der Waals surface area (Å²) in [5.74, 6) is 0.140. The molecule has 3 N–H and O–H groups in total. The zero-order valence-electron chi connectivity index (χ0n) is 12.9. The summed E-state index contributed by atoms with van der Waals surface area (Å²) in [6.45, 7) is 8.02. The van der Waals surface area contributed by atoms with Gasteiger partial charge in [-0.25, -0.2) is 4.98 Å². The number of carbonyl (C=O) groups excluding carboxylic acids is 1. The van der Waals surface area contributed by atoms with Gasteiger partial charge in [-0.3, -0.25) is 4.79 Å². The van der Waals surface area contributed by atoms with Crippen molar-refractivity contribution < 1.29 is 9.90 Å². The first kappa shape index (κ1) is 16.0. The second-order valence-electron chi connectivity index (χ2n) is 6.04. The standard InChI is InChI=1S/C14H24N4O2S/c1-4-17(9-14(2,3)20)12(19)10-11(15)16-13(21-10)18-7-5-6-8-18/h20H,4-9,15H2,1-3H3. The molecule has 1 aromatic rings. The van der Waals surface area contributed by atoms with Crippen LogP contribution in [0.25, 0.3) is 0 Å². The molecule has 1 aromatic heterocycles. The highest BCUT2D eigenvalue weighted by atomic mass is 32.1. The number of anilines is 2. The Hall–Kier alpha value is -1.34. The lowest BCUT2D eigenvalue weighted by Crippen LogP contribution is -2.42. The van der Waals surface area contributed by atoms with Gasteiger partial charge in [-0.1, -0.05) is 11.3 Å². The Bertz CT molecular complexity index is 504. The quantitative estimate of drug-likeness (QED) is 0.862. The third kappa shape index (κ3) is 3.85. The van der Waals surface area contributed by atoms with Gasteiger partial charge < -0.3 is 20.6 Å². The number of nitrogens with zero attached hydrogens (tertiary/aromatic N) is 3. The van der Waals surface area contributed by atoms with Crippen LogP contribution in [0.1, 0.15) is 43.3 Å². The van der Waals surface area contributed by atoms with Crippen LogP contribution in [0, 0.1) is 0 Å². The summed E-state index contributed by atoms with van der Waals surface area (Å²) in [6.07, 6.45) is 2.31. The Morgan fingerprint density at radius 3 is 2.62 bits per heavy atom. The Labute approximate surface area is 129 Å². The maximum Gasteiger partial charge on any atom is 0.267 e. The predicted molar refractivity (Wildman–Crippen MR) is 85.8 cm³/mol. The van der Waals surface area contributed by atoms with E-state index in [-0.39, 0.29) is 12.5 Å². The molecule has 1 amide bonds. The van der Waals surface area contributed by atoms with E-state index >= 15 is 0 Å². The molecular weight excluding hydrogens is 288 g/mol. The first-order chi connectivity index (χ1) is 9.81. The van der Waals surface area contributed by atoms with Gasteiger partial charge in [0.1, 0.15) is 10.7 Å². The number of carbonyl (C=O) groups is 1. The fourth-order valence-electron chi connectivity index (χ4n) is 2.45. The van der Waals surface area contributed by atoms with E-state index < -0.39 is 5.60 Å². The Morgan fingerprint density at radius 2 is 2.10 bits per heavy atom. The monoisotopic (exact) mass is 312 g/mol. The maximum absolute atomic E-state index is 12.6. The van der Waals surface area contributed by atoms with Crippen LogP contribution in [0.15, 0.2) is 0 Å². The minimum absolute atomic E-state index is 0.153. The van der Waals surface area contributed by atoms with E-state index in [0.717, 1.165) is 31.1 Å². The average Bonchev–Trinajstić information content (AvgIpc) is 3.02. The first-order valence-electron chi connectivity index (χ1n) is 7.34. The molecule has 21 heavy (non-hydrogen) atoms. The molecule has 6 nitrogen and oxygen atoms in total. The number of hydrogen-bond acceptors (Lipinski definition) is 6. The molecule has 0 radical (unpaired) electrons. The predicted octanol–water partition coefficient (Wildman–Crippen LogP) is 1.56. The van der Waals surface area contributed by atoms with Crippen molar-refractivity contribution in [3.8, 4) is 0 Å². The molecule has 118 valence electrons. The van der Waals surface area contributed by atoms with Crippen LogP contribution in [0.5, 0.6) is 0 Å². The number of thiazole rings is 1. The van der Waals surface area contributed by atoms with Crippen LogP contribution in [-0.2, 0) is 0 Å². The van der Waals surface area contributed by atoms with Gasteiger partial charge in [-0.15, -0.1) is 0 Å². The highest BCUT2D eigenvalue weighted by Gasteiger charge is 2.27. The highest BCUT2D eigenvalue weighted by molar-refractivity contribution is 7.18. The molecule has 2 rings (SSSR count). The topological polar surface area (TPSA) is 82.7 Å². The van der Waals surface area contributed by atoms with E-state index in [9.17, 15) is 9.90 Å². The summed E-state index contributed by atoms with van der Waals surface area (Å²) < 4.78 is 0. The SMILES string of the molecule is CCN(CC(C)(C)O)C(=O)c1sc(N2CCCC2)nc1N. The van der Waals surface area contributed by atoms with E-state index in [2.05, 4.69) is 9.88 Å². The van der Waals surface area contributed by atoms with Crippen LogP contribution in [-0.4, -0.2) is 52.7 Å². The van der Waals surface area contributed by atoms with Crippen molar-refractivity contribution in [2.24, 2.45) is 0 Å². The Kier molecular flexibility index (Phi) is 4.73. The van der Waals surface area contributed by atoms with Gasteiger partial charge in [0, 0.05) is 26.2 Å². The summed E-state index contributed by atoms with van der Waals surface area (Å²) in [4.78, 5) is 21.2. The number of hydrogen-bond donors (Lipinski definition) is 2. The molecule has 0 unspecified atom stereocenters. The summed E-state index contributed by atoms with van der Waals surface area (Å²) >= 11 is 1.35. The summed E-state index contributed by atoms with van der Waals surface area (Å²) in [5, 5.41) is 10.7. The lowest BCUT2D eigenvalue weighted by atomic mass is 10.1. The lowest BCUT2D eigenvalue weighted by Gasteiger charge is -2.27. The summed E-state index contributed by atoms with van der Waals surface area (Å²) in [6, 6.07) is 0. The molecule has 2 heterocycles. The Morgan fingerprint density at radius 1 is 1.48 bits per heavy atom. The van der Waals surface area contributed by atoms with Crippen LogP contribution in [0.2, 0.25) is 0 Å². The molecule has 7 heteroatoms. The van der Waals surface area contributed by atoms with Crippen LogP contribution in [0.3, 0.4) is 0 Å². The fourth-order valence-corrected chi connectivity index (χ4v) is 3.46. The summed E-state index contributed by atoms with van der Waals surface area (Å²) in [7, 11) is 0. The van der Waals surface area contributed by atoms with E-state index in [1.807, 2.05) is 6.92 Å². The van der Waals surface area contributed by atoms with E-state index in [1.165, 1.54) is 11.3 Å². The van der Waals surface area contributed by atoms with Crippen molar-refractivity contribution in [1.29, 1.82) is 0 Å². The highest BCUT2D eigenvalue weighted by Crippen LogP contribution is 2.31. The maximum atomic E-state index is 12.6. The molecule has 0 aromatic carbocycles. The van der Waals surface area contributed by atoms with Gasteiger partial charge >= 0.3 is 0 Å². The number of aliphatic hydroxyl groups is 1. The zero-order chi connectivity index (χ0) is 15.6. The fraction of sp³-hybridized carbons (Fsp3) is 0.714. The van der Waals surface area contributed by atoms with Crippen LogP contribution < -0.4 is 10.6 Å². The molecule has 0 bridgehead atoms. The largest absolute Gasteiger partial charge is 0.389 e. The average molecular weight is 312 g/mol. The van der Waals surface area contributed by atoms with Crippen LogP contribution in [0.4, 0.5) is 10.9 Å². The van der Waals surface area contributed by atoms with Gasteiger partial charge in [-0.05, 0) is 33.6 Å². The molecular formula is C14H24N4O2S. The van der Waals surface area contributed by atoms with Gasteiger partial charge in [0.2, 0.25) is 0 Å². The number of likely N-dealkylation sites (N-methyl/N-ethyl adjacent to an activating group) is 1. The van der Waals surface area contributed by atoms with Crippen LogP contribution >= 0.6 is 11.3 Å². The van der Waals surface area contributed by atoms with Crippen molar-refractivity contribution in [2.45, 2.75) is 39.2 Å². The zero-order valence-corrected chi connectivity index (χ0v) is 13.7. The molecule has 1 aliphatic heterocycles. The molecule has 1 aliphatic rings. The summed E-state index contributed by atoms with van der Waals surface area (Å²) in [5.41, 5.74) is 5.00. The number of nitrogen functional groups attached to an aromatic ring is 1. The third-order valence-corrected chi connectivity index (χ3v) is 4.58. The molecule has 0 spiro atoms. The minimum atomic E-state index is -0.928. The van der Waals surface area contributed by atoms with Crippen molar-refractivity contribution in [1.82, 2.24) is 9.88 Å². The second kappa shape index (κ2) is 6.19. The van der Waals surface area contributed by atoms with Gasteiger partial charge in [0.15, 0.2) is 5.13 Å². The molecule has 0 aliphatic carbocycles. The van der Waals surface area contributed by atoms with Crippen molar-refractivity contribution >= 4 is 28.2 Å². The van der Waals surface area contributed by atoms with Crippen molar-refractivity contribution in [3.63, 3.8) is 0 Å². The molecule has 0 saturated carbocycles. The third-order valence-electron chi connectivity index (χ3n) is 3.46. The number of rotatable bonds is 5. The number of aromatic nitrogens is 1. The van der Waals surface area contributed by atoms with Gasteiger partial charge in [0.25, 0.3) is 5.91 Å². The first-order valence-corrected chi connectivity index (χ1v) is 8.16. The van der Waals surface area contributed by atoms with Crippen molar-refractivity contribution in [2.75, 3.05) is 36.8 Å². The van der Waals surface area contributed by atoms with E-state index in [1.54, 1.807) is 18.7 Å². The molecule has 1 saturated heterocycles. The Balaban J connectivity index is 2.17. The molecule has 0 atom stereocenters. The smallest absolute Gasteiger partial charge is 0.267 e. The minimum Gasteiger partial charge on any atom is -0.389 e. The second-order valence-corrected chi connectivity index (χ2v) is 7.01. The normalized spacial score (nSPS) is 15.5. The van der Waals surface area contributed by atoms with Crippen molar-refractivity contribution in [3.05, 3.63) is 4.88 Å².